The Kier molecular flexibility index (Phi) is 4.43. The van der Waals surface area contributed by atoms with Crippen molar-refractivity contribution in [3.8, 4) is 0 Å². The second-order valence-corrected chi connectivity index (χ2v) is 5.96. The maximum absolute atomic E-state index is 12.0. The molecule has 0 radical (unpaired) electrons. The summed E-state index contributed by atoms with van der Waals surface area (Å²) in [4.78, 5) is 27.1. The zero-order chi connectivity index (χ0) is 16.2. The minimum absolute atomic E-state index is 0.183. The third kappa shape index (κ3) is 3.60. The third-order valence-electron chi connectivity index (χ3n) is 3.43. The summed E-state index contributed by atoms with van der Waals surface area (Å²) in [6.45, 7) is 0. The predicted octanol–water partition coefficient (Wildman–Crippen LogP) is 2.93. The Labute approximate surface area is 141 Å². The van der Waals surface area contributed by atoms with Gasteiger partial charge in [0, 0.05) is 27.1 Å². The van der Waals surface area contributed by atoms with Crippen LogP contribution >= 0.6 is 15.9 Å². The van der Waals surface area contributed by atoms with Gasteiger partial charge in [-0.1, -0.05) is 40.2 Å². The van der Waals surface area contributed by atoms with Gasteiger partial charge in [-0.05, 0) is 29.8 Å². The van der Waals surface area contributed by atoms with Gasteiger partial charge in [-0.3, -0.25) is 20.4 Å². The molecule has 0 spiro atoms. The largest absolute Gasteiger partial charge is 0.361 e. The van der Waals surface area contributed by atoms with Crippen LogP contribution in [0.15, 0.2) is 59.2 Å². The van der Waals surface area contributed by atoms with Crippen molar-refractivity contribution in [3.63, 3.8) is 0 Å². The number of para-hydroxylation sites is 1. The molecule has 0 aliphatic heterocycles. The molecule has 2 amide bonds. The molecule has 0 fully saturated rings. The van der Waals surface area contributed by atoms with E-state index in [0.29, 0.717) is 5.56 Å². The quantitative estimate of drug-likeness (QED) is 0.619. The fourth-order valence-electron chi connectivity index (χ4n) is 2.32. The fraction of sp³-hybridized carbons (Fsp3) is 0.0588. The zero-order valence-electron chi connectivity index (χ0n) is 12.1. The van der Waals surface area contributed by atoms with E-state index in [9.17, 15) is 9.59 Å². The van der Waals surface area contributed by atoms with E-state index in [2.05, 4.69) is 31.8 Å². The zero-order valence-corrected chi connectivity index (χ0v) is 13.7. The highest BCUT2D eigenvalue weighted by Crippen LogP contribution is 2.17. The SMILES string of the molecule is O=C(Cc1c[nH]c2ccccc12)NNC(=O)c1cccc(Br)c1. The first-order valence-corrected chi connectivity index (χ1v) is 7.82. The smallest absolute Gasteiger partial charge is 0.269 e. The Hall–Kier alpha value is -2.60. The molecule has 0 aliphatic carbocycles. The first kappa shape index (κ1) is 15.3. The molecule has 1 heterocycles. The first-order chi connectivity index (χ1) is 11.1. The Morgan fingerprint density at radius 1 is 1.04 bits per heavy atom. The lowest BCUT2D eigenvalue weighted by Gasteiger charge is -2.07. The van der Waals surface area contributed by atoms with E-state index in [-0.39, 0.29) is 18.2 Å². The number of carbonyl (C=O) groups excluding carboxylic acids is 2. The Bertz CT molecular complexity index is 873. The second kappa shape index (κ2) is 6.66. The summed E-state index contributed by atoms with van der Waals surface area (Å²) in [5.41, 5.74) is 7.18. The van der Waals surface area contributed by atoms with Crippen molar-refractivity contribution in [3.05, 3.63) is 70.3 Å². The van der Waals surface area contributed by atoms with E-state index < -0.39 is 0 Å². The van der Waals surface area contributed by atoms with Gasteiger partial charge in [-0.2, -0.15) is 0 Å². The van der Waals surface area contributed by atoms with E-state index in [1.54, 1.807) is 24.4 Å². The lowest BCUT2D eigenvalue weighted by molar-refractivity contribution is -0.121. The number of hydrazine groups is 1. The van der Waals surface area contributed by atoms with Crippen LogP contribution in [0.3, 0.4) is 0 Å². The second-order valence-electron chi connectivity index (χ2n) is 5.05. The lowest BCUT2D eigenvalue weighted by Crippen LogP contribution is -2.42. The molecule has 1 aromatic heterocycles. The number of hydrogen-bond donors (Lipinski definition) is 3. The van der Waals surface area contributed by atoms with Crippen LogP contribution in [-0.4, -0.2) is 16.8 Å². The van der Waals surface area contributed by atoms with Gasteiger partial charge in [0.2, 0.25) is 5.91 Å². The summed E-state index contributed by atoms with van der Waals surface area (Å²) in [6.07, 6.45) is 1.99. The number of nitrogens with one attached hydrogen (secondary N) is 3. The summed E-state index contributed by atoms with van der Waals surface area (Å²) < 4.78 is 0.801. The van der Waals surface area contributed by atoms with Gasteiger partial charge in [-0.15, -0.1) is 0 Å². The van der Waals surface area contributed by atoms with Crippen LogP contribution in [0.2, 0.25) is 0 Å². The monoisotopic (exact) mass is 371 g/mol. The molecule has 0 saturated heterocycles. The number of aromatic amines is 1. The van der Waals surface area contributed by atoms with Gasteiger partial charge in [-0.25, -0.2) is 0 Å². The van der Waals surface area contributed by atoms with Crippen LogP contribution in [0.5, 0.6) is 0 Å². The number of benzene rings is 2. The van der Waals surface area contributed by atoms with Crippen molar-refractivity contribution in [2.45, 2.75) is 6.42 Å². The standard InChI is InChI=1S/C17H14BrN3O2/c18-13-5-3-4-11(8-13)17(23)21-20-16(22)9-12-10-19-15-7-2-1-6-14(12)15/h1-8,10,19H,9H2,(H,20,22)(H,21,23). The van der Waals surface area contributed by atoms with Crippen LogP contribution in [0, 0.1) is 0 Å². The van der Waals surface area contributed by atoms with Crippen LogP contribution < -0.4 is 10.9 Å². The molecule has 0 unspecified atom stereocenters. The molecule has 6 heteroatoms. The summed E-state index contributed by atoms with van der Waals surface area (Å²) in [5.74, 6) is -0.642. The fourth-order valence-corrected chi connectivity index (χ4v) is 2.72. The van der Waals surface area contributed by atoms with Crippen molar-refractivity contribution in [2.75, 3.05) is 0 Å². The van der Waals surface area contributed by atoms with E-state index in [4.69, 9.17) is 0 Å². The van der Waals surface area contributed by atoms with Gasteiger partial charge in [0.1, 0.15) is 0 Å². The van der Waals surface area contributed by atoms with Crippen LogP contribution in [0.25, 0.3) is 10.9 Å². The molecule has 5 nitrogen and oxygen atoms in total. The summed E-state index contributed by atoms with van der Waals surface area (Å²) in [6, 6.07) is 14.7. The Balaban J connectivity index is 1.60. The highest BCUT2D eigenvalue weighted by atomic mass is 79.9. The number of H-pyrrole nitrogens is 1. The minimum atomic E-state index is -0.362. The first-order valence-electron chi connectivity index (χ1n) is 7.03. The van der Waals surface area contributed by atoms with Crippen molar-refractivity contribution in [1.29, 1.82) is 0 Å². The summed E-state index contributed by atoms with van der Waals surface area (Å²) in [7, 11) is 0. The van der Waals surface area contributed by atoms with E-state index in [0.717, 1.165) is 20.9 Å². The van der Waals surface area contributed by atoms with Crippen LogP contribution in [-0.2, 0) is 11.2 Å². The van der Waals surface area contributed by atoms with Gasteiger partial charge in [0.15, 0.2) is 0 Å². The molecule has 3 rings (SSSR count). The van der Waals surface area contributed by atoms with Crippen molar-refractivity contribution >= 4 is 38.6 Å². The third-order valence-corrected chi connectivity index (χ3v) is 3.92. The molecule has 3 N–H and O–H groups in total. The van der Waals surface area contributed by atoms with Crippen molar-refractivity contribution in [2.24, 2.45) is 0 Å². The molecular weight excluding hydrogens is 358 g/mol. The molecular formula is C17H14BrN3O2. The lowest BCUT2D eigenvalue weighted by atomic mass is 10.1. The van der Waals surface area contributed by atoms with Gasteiger partial charge >= 0.3 is 0 Å². The van der Waals surface area contributed by atoms with Crippen LogP contribution in [0.1, 0.15) is 15.9 Å². The van der Waals surface area contributed by atoms with Gasteiger partial charge in [0.25, 0.3) is 5.91 Å². The molecule has 3 aromatic rings. The maximum Gasteiger partial charge on any atom is 0.269 e. The molecule has 2 aromatic carbocycles. The summed E-state index contributed by atoms with van der Waals surface area (Å²) >= 11 is 3.30. The minimum Gasteiger partial charge on any atom is -0.361 e. The molecule has 23 heavy (non-hydrogen) atoms. The number of rotatable bonds is 3. The molecule has 0 saturated carbocycles. The summed E-state index contributed by atoms with van der Waals surface area (Å²) in [5, 5.41) is 1.00. The van der Waals surface area contributed by atoms with Crippen molar-refractivity contribution in [1.82, 2.24) is 15.8 Å². The normalized spacial score (nSPS) is 10.5. The van der Waals surface area contributed by atoms with E-state index in [1.165, 1.54) is 0 Å². The molecule has 0 atom stereocenters. The number of hydrogen-bond acceptors (Lipinski definition) is 2. The number of aromatic nitrogens is 1. The molecule has 116 valence electrons. The van der Waals surface area contributed by atoms with E-state index in [1.807, 2.05) is 30.3 Å². The Morgan fingerprint density at radius 2 is 1.87 bits per heavy atom. The topological polar surface area (TPSA) is 74.0 Å². The molecule has 0 bridgehead atoms. The number of amides is 2. The van der Waals surface area contributed by atoms with E-state index >= 15 is 0 Å². The average molecular weight is 372 g/mol. The van der Waals surface area contributed by atoms with Gasteiger partial charge in [0.05, 0.1) is 6.42 Å². The van der Waals surface area contributed by atoms with Gasteiger partial charge < -0.3 is 4.98 Å². The van der Waals surface area contributed by atoms with Crippen molar-refractivity contribution < 1.29 is 9.59 Å². The highest BCUT2D eigenvalue weighted by Gasteiger charge is 2.10. The maximum atomic E-state index is 12.0. The number of fused-ring (bicyclic) bond motifs is 1. The number of halogens is 1. The van der Waals surface area contributed by atoms with Crippen LogP contribution in [0.4, 0.5) is 0 Å². The highest BCUT2D eigenvalue weighted by molar-refractivity contribution is 9.10. The average Bonchev–Trinajstić information content (AvgIpc) is 2.96. The number of carbonyl (C=O) groups is 2. The predicted molar refractivity (Wildman–Crippen MR) is 91.8 cm³/mol. The molecule has 0 aliphatic rings. The Morgan fingerprint density at radius 3 is 2.70 bits per heavy atom.